The third-order valence-corrected chi connectivity index (χ3v) is 8.64. The predicted molar refractivity (Wildman–Crippen MR) is 137 cm³/mol. The summed E-state index contributed by atoms with van der Waals surface area (Å²) in [6.07, 6.45) is 9.52. The van der Waals surface area contributed by atoms with Gasteiger partial charge in [-0.05, 0) is 118 Å². The van der Waals surface area contributed by atoms with Crippen LogP contribution in [0, 0.1) is 23.2 Å². The maximum absolute atomic E-state index is 12.7. The molecule has 0 atom stereocenters. The Hall–Kier alpha value is -3.02. The number of methoxy groups -OCH3 is 1. The molecule has 0 saturated heterocycles. The number of carboxylic acid groups (broad SMARTS) is 1. The van der Waals surface area contributed by atoms with E-state index in [4.69, 9.17) is 4.74 Å². The molecule has 0 spiro atoms. The van der Waals surface area contributed by atoms with Gasteiger partial charge in [-0.3, -0.25) is 4.79 Å². The molecule has 2 N–H and O–H groups in total. The van der Waals surface area contributed by atoms with Crippen molar-refractivity contribution in [2.24, 2.45) is 23.2 Å². The molecule has 6 heteroatoms. The van der Waals surface area contributed by atoms with Crippen LogP contribution in [0.1, 0.15) is 72.6 Å². The van der Waals surface area contributed by atoms with Gasteiger partial charge in [0.05, 0.1) is 18.4 Å². The molecule has 4 fully saturated rings. The van der Waals surface area contributed by atoms with Crippen molar-refractivity contribution in [1.82, 2.24) is 0 Å². The third kappa shape index (κ3) is 4.89. The first-order chi connectivity index (χ1) is 16.9. The number of hydrogen-bond donors (Lipinski definition) is 2. The maximum Gasteiger partial charge on any atom is 0.337 e. The Kier molecular flexibility index (Phi) is 6.47. The largest absolute Gasteiger partial charge is 0.497 e. The zero-order valence-electron chi connectivity index (χ0n) is 20.8. The molecule has 0 aliphatic heterocycles. The van der Waals surface area contributed by atoms with Crippen molar-refractivity contribution in [2.75, 3.05) is 30.4 Å². The van der Waals surface area contributed by atoms with E-state index >= 15 is 0 Å². The topological polar surface area (TPSA) is 78.9 Å². The quantitative estimate of drug-likeness (QED) is 0.459. The van der Waals surface area contributed by atoms with Gasteiger partial charge in [0.25, 0.3) is 5.91 Å². The van der Waals surface area contributed by atoms with Crippen molar-refractivity contribution in [2.45, 2.75) is 51.9 Å². The highest BCUT2D eigenvalue weighted by Crippen LogP contribution is 2.61. The molecule has 0 aromatic heterocycles. The minimum atomic E-state index is -0.978. The summed E-state index contributed by atoms with van der Waals surface area (Å²) in [5.41, 5.74) is 2.37. The number of nitrogens with zero attached hydrogens (tertiary/aromatic N) is 1. The number of anilines is 2. The number of nitrogens with one attached hydrogen (secondary N) is 1. The molecule has 2 aromatic rings. The van der Waals surface area contributed by atoms with Crippen LogP contribution in [0.15, 0.2) is 42.5 Å². The summed E-state index contributed by atoms with van der Waals surface area (Å²) in [6.45, 7) is 3.72. The van der Waals surface area contributed by atoms with Crippen LogP contribution in [0.25, 0.3) is 0 Å². The lowest BCUT2D eigenvalue weighted by molar-refractivity contribution is -0.0559. The molecular formula is C29H36N2O4. The van der Waals surface area contributed by atoms with E-state index in [0.29, 0.717) is 22.4 Å². The van der Waals surface area contributed by atoms with E-state index in [1.54, 1.807) is 43.5 Å². The van der Waals surface area contributed by atoms with E-state index in [1.807, 2.05) is 6.07 Å². The summed E-state index contributed by atoms with van der Waals surface area (Å²) in [4.78, 5) is 27.1. The van der Waals surface area contributed by atoms with Gasteiger partial charge in [-0.15, -0.1) is 0 Å². The average molecular weight is 477 g/mol. The van der Waals surface area contributed by atoms with Crippen LogP contribution in [0.5, 0.6) is 5.75 Å². The molecule has 0 unspecified atom stereocenters. The number of hydrogen-bond acceptors (Lipinski definition) is 4. The molecule has 0 radical (unpaired) electrons. The summed E-state index contributed by atoms with van der Waals surface area (Å²) >= 11 is 0. The Bertz CT molecular complexity index is 1060. The molecular weight excluding hydrogens is 440 g/mol. The molecule has 4 aliphatic carbocycles. The molecule has 6 rings (SSSR count). The minimum absolute atomic E-state index is 0.227. The number of carboxylic acids is 1. The fourth-order valence-corrected chi connectivity index (χ4v) is 7.42. The van der Waals surface area contributed by atoms with Crippen LogP contribution in [0.4, 0.5) is 11.4 Å². The van der Waals surface area contributed by atoms with E-state index in [9.17, 15) is 14.7 Å². The van der Waals surface area contributed by atoms with Crippen LogP contribution < -0.4 is 15.0 Å². The number of ether oxygens (including phenoxy) is 1. The molecule has 6 nitrogen and oxygen atoms in total. The van der Waals surface area contributed by atoms with Gasteiger partial charge in [0.2, 0.25) is 0 Å². The molecule has 4 bridgehead atoms. The Morgan fingerprint density at radius 2 is 1.66 bits per heavy atom. The maximum atomic E-state index is 12.7. The minimum Gasteiger partial charge on any atom is -0.497 e. The number of carbonyl (C=O) groups excluding carboxylic acids is 1. The Morgan fingerprint density at radius 3 is 2.20 bits per heavy atom. The number of benzene rings is 2. The van der Waals surface area contributed by atoms with E-state index in [2.05, 4.69) is 17.1 Å². The number of amides is 1. The van der Waals surface area contributed by atoms with Crippen LogP contribution in [-0.2, 0) is 0 Å². The fourth-order valence-electron chi connectivity index (χ4n) is 7.42. The third-order valence-electron chi connectivity index (χ3n) is 8.64. The second kappa shape index (κ2) is 9.56. The lowest BCUT2D eigenvalue weighted by Gasteiger charge is -2.57. The molecule has 4 aliphatic rings. The Labute approximate surface area is 207 Å². The summed E-state index contributed by atoms with van der Waals surface area (Å²) in [5.74, 6) is 2.16. The highest BCUT2D eigenvalue weighted by molar-refractivity contribution is 6.05. The Morgan fingerprint density at radius 1 is 1.03 bits per heavy atom. The monoisotopic (exact) mass is 476 g/mol. The highest BCUT2D eigenvalue weighted by atomic mass is 16.5. The van der Waals surface area contributed by atoms with E-state index in [-0.39, 0.29) is 11.5 Å². The van der Waals surface area contributed by atoms with Gasteiger partial charge in [-0.1, -0.05) is 0 Å². The standard InChI is InChI=1S/C29H36N2O4/c1-3-31(11-10-29-16-19-12-20(17-29)14-21(13-19)18-29)26-9-6-23(15-25(26)28(33)34)30-27(32)22-4-7-24(35-2)8-5-22/h4-9,15,19-21H,3,10-14,16-18H2,1-2H3,(H,30,32)(H,33,34). The van der Waals surface area contributed by atoms with E-state index < -0.39 is 5.97 Å². The van der Waals surface area contributed by atoms with Crippen molar-refractivity contribution in [3.8, 4) is 5.75 Å². The van der Waals surface area contributed by atoms with Crippen LogP contribution >= 0.6 is 0 Å². The summed E-state index contributed by atoms with van der Waals surface area (Å²) < 4.78 is 5.14. The van der Waals surface area contributed by atoms with Crippen LogP contribution in [0.2, 0.25) is 0 Å². The molecule has 4 saturated carbocycles. The van der Waals surface area contributed by atoms with Crippen molar-refractivity contribution in [1.29, 1.82) is 0 Å². The molecule has 1 amide bonds. The molecule has 35 heavy (non-hydrogen) atoms. The number of carbonyl (C=O) groups is 2. The first-order valence-corrected chi connectivity index (χ1v) is 13.0. The molecule has 186 valence electrons. The van der Waals surface area contributed by atoms with E-state index in [0.717, 1.165) is 43.0 Å². The zero-order valence-corrected chi connectivity index (χ0v) is 20.8. The molecule has 2 aromatic carbocycles. The Balaban J connectivity index is 1.30. The zero-order chi connectivity index (χ0) is 24.6. The first-order valence-electron chi connectivity index (χ1n) is 13.0. The lowest BCUT2D eigenvalue weighted by Crippen LogP contribution is -2.47. The van der Waals surface area contributed by atoms with Gasteiger partial charge >= 0.3 is 5.97 Å². The number of aromatic carboxylic acids is 1. The second-order valence-electron chi connectivity index (χ2n) is 11.0. The van der Waals surface area contributed by atoms with E-state index in [1.165, 1.54) is 38.5 Å². The van der Waals surface area contributed by atoms with Crippen LogP contribution in [-0.4, -0.2) is 37.2 Å². The normalized spacial score (nSPS) is 26.4. The van der Waals surface area contributed by atoms with Gasteiger partial charge in [-0.25, -0.2) is 4.79 Å². The van der Waals surface area contributed by atoms with Crippen molar-refractivity contribution < 1.29 is 19.4 Å². The molecule has 0 heterocycles. The van der Waals surface area contributed by atoms with Crippen molar-refractivity contribution >= 4 is 23.3 Å². The van der Waals surface area contributed by atoms with Gasteiger partial charge in [-0.2, -0.15) is 0 Å². The smallest absolute Gasteiger partial charge is 0.337 e. The fraction of sp³-hybridized carbons (Fsp3) is 0.517. The van der Waals surface area contributed by atoms with Crippen molar-refractivity contribution in [3.63, 3.8) is 0 Å². The predicted octanol–water partition coefficient (Wildman–Crippen LogP) is 6.08. The highest BCUT2D eigenvalue weighted by Gasteiger charge is 2.50. The first kappa shape index (κ1) is 23.7. The van der Waals surface area contributed by atoms with Crippen molar-refractivity contribution in [3.05, 3.63) is 53.6 Å². The second-order valence-corrected chi connectivity index (χ2v) is 11.0. The van der Waals surface area contributed by atoms with Crippen LogP contribution in [0.3, 0.4) is 0 Å². The van der Waals surface area contributed by atoms with Gasteiger partial charge in [0, 0.05) is 24.3 Å². The van der Waals surface area contributed by atoms with Gasteiger partial charge in [0.1, 0.15) is 5.75 Å². The average Bonchev–Trinajstić information content (AvgIpc) is 2.84. The lowest BCUT2D eigenvalue weighted by atomic mass is 9.49. The summed E-state index contributed by atoms with van der Waals surface area (Å²) in [7, 11) is 1.58. The SMILES string of the molecule is CCN(CCC12CC3CC(CC(C3)C1)C2)c1ccc(NC(=O)c2ccc(OC)cc2)cc1C(=O)O. The summed E-state index contributed by atoms with van der Waals surface area (Å²) in [5, 5.41) is 12.8. The van der Waals surface area contributed by atoms with Gasteiger partial charge in [0.15, 0.2) is 0 Å². The summed E-state index contributed by atoms with van der Waals surface area (Å²) in [6, 6.07) is 12.0. The van der Waals surface area contributed by atoms with Gasteiger partial charge < -0.3 is 20.1 Å². The number of rotatable bonds is 9.